The summed E-state index contributed by atoms with van der Waals surface area (Å²) in [7, 11) is 0. The van der Waals surface area contributed by atoms with Crippen LogP contribution in [-0.4, -0.2) is 36.2 Å². The molecule has 0 radical (unpaired) electrons. The summed E-state index contributed by atoms with van der Waals surface area (Å²) in [5.41, 5.74) is 9.10. The van der Waals surface area contributed by atoms with Gasteiger partial charge in [0.05, 0.1) is 6.54 Å². The van der Waals surface area contributed by atoms with Crippen LogP contribution < -0.4 is 16.8 Å². The van der Waals surface area contributed by atoms with Crippen molar-refractivity contribution < 1.29 is 19.5 Å². The molecule has 0 aliphatic rings. The molecule has 17 heavy (non-hydrogen) atoms. The van der Waals surface area contributed by atoms with Gasteiger partial charge in [0.15, 0.2) is 5.84 Å². The van der Waals surface area contributed by atoms with E-state index in [1.54, 1.807) is 13.8 Å². The number of amidine groups is 1. The molecule has 0 aromatic rings. The van der Waals surface area contributed by atoms with Crippen LogP contribution in [0.15, 0.2) is 5.16 Å². The zero-order chi connectivity index (χ0) is 13.5. The summed E-state index contributed by atoms with van der Waals surface area (Å²) in [5.74, 6) is -0.586. The number of nitrogens with two attached hydrogens (primary N) is 2. The van der Waals surface area contributed by atoms with E-state index < -0.39 is 17.4 Å². The van der Waals surface area contributed by atoms with E-state index in [0.29, 0.717) is 6.42 Å². The highest BCUT2D eigenvalue weighted by Crippen LogP contribution is 2.21. The number of nitrogens with one attached hydrogen (secondary N) is 1. The molecule has 8 nitrogen and oxygen atoms in total. The van der Waals surface area contributed by atoms with Crippen LogP contribution in [0.25, 0.3) is 0 Å². The Morgan fingerprint density at radius 2 is 2.06 bits per heavy atom. The Morgan fingerprint density at radius 3 is 2.47 bits per heavy atom. The SMILES string of the molecule is CCC(C)(C(=O)NCCOC(N)=O)C(N)=NO. The Hall–Kier alpha value is -1.99. The first kappa shape index (κ1) is 15.0. The summed E-state index contributed by atoms with van der Waals surface area (Å²) < 4.78 is 4.44. The zero-order valence-electron chi connectivity index (χ0n) is 9.90. The molecule has 98 valence electrons. The fraction of sp³-hybridized carbons (Fsp3) is 0.667. The second-order valence-corrected chi connectivity index (χ2v) is 3.59. The van der Waals surface area contributed by atoms with Gasteiger partial charge in [0.2, 0.25) is 5.91 Å². The maximum atomic E-state index is 11.8. The minimum absolute atomic E-state index is 0.0307. The van der Waals surface area contributed by atoms with Gasteiger partial charge in [-0.15, -0.1) is 0 Å². The third-order valence-electron chi connectivity index (χ3n) is 2.51. The zero-order valence-corrected chi connectivity index (χ0v) is 9.90. The molecular weight excluding hydrogens is 228 g/mol. The van der Waals surface area contributed by atoms with E-state index in [9.17, 15) is 9.59 Å². The summed E-state index contributed by atoms with van der Waals surface area (Å²) in [6, 6.07) is 0. The van der Waals surface area contributed by atoms with Crippen molar-refractivity contribution in [2.45, 2.75) is 20.3 Å². The molecule has 0 heterocycles. The highest BCUT2D eigenvalue weighted by molar-refractivity contribution is 6.06. The van der Waals surface area contributed by atoms with Gasteiger partial charge in [-0.2, -0.15) is 0 Å². The maximum absolute atomic E-state index is 11.8. The van der Waals surface area contributed by atoms with Crippen molar-refractivity contribution in [2.24, 2.45) is 22.0 Å². The molecule has 0 saturated carbocycles. The first-order valence-electron chi connectivity index (χ1n) is 5.07. The van der Waals surface area contributed by atoms with Crippen molar-refractivity contribution in [1.82, 2.24) is 5.32 Å². The Labute approximate surface area is 99.0 Å². The smallest absolute Gasteiger partial charge is 0.404 e. The lowest BCUT2D eigenvalue weighted by Crippen LogP contribution is -2.48. The minimum Gasteiger partial charge on any atom is -0.448 e. The normalized spacial score (nSPS) is 14.8. The molecule has 0 aliphatic heterocycles. The van der Waals surface area contributed by atoms with Crippen LogP contribution >= 0.6 is 0 Å². The van der Waals surface area contributed by atoms with Crippen LogP contribution in [0.4, 0.5) is 4.79 Å². The predicted molar refractivity (Wildman–Crippen MR) is 60.4 cm³/mol. The second kappa shape index (κ2) is 6.56. The summed E-state index contributed by atoms with van der Waals surface area (Å²) in [4.78, 5) is 22.1. The lowest BCUT2D eigenvalue weighted by molar-refractivity contribution is -0.127. The molecule has 1 unspecified atom stereocenters. The summed E-state index contributed by atoms with van der Waals surface area (Å²) in [5, 5.41) is 13.9. The predicted octanol–water partition coefficient (Wildman–Crippen LogP) is -0.639. The van der Waals surface area contributed by atoms with Gasteiger partial charge in [0.25, 0.3) is 0 Å². The Bertz CT molecular complexity index is 318. The highest BCUT2D eigenvalue weighted by Gasteiger charge is 2.36. The number of hydrogen-bond acceptors (Lipinski definition) is 5. The summed E-state index contributed by atoms with van der Waals surface area (Å²) in [6.07, 6.45) is -0.542. The fourth-order valence-electron chi connectivity index (χ4n) is 1.08. The van der Waals surface area contributed by atoms with Gasteiger partial charge in [0.1, 0.15) is 12.0 Å². The molecule has 0 spiro atoms. The van der Waals surface area contributed by atoms with Crippen molar-refractivity contribution >= 4 is 17.8 Å². The van der Waals surface area contributed by atoms with Crippen LogP contribution in [0.2, 0.25) is 0 Å². The largest absolute Gasteiger partial charge is 0.448 e. The first-order valence-corrected chi connectivity index (χ1v) is 5.07. The number of nitrogens with zero attached hydrogens (tertiary/aromatic N) is 1. The van der Waals surface area contributed by atoms with E-state index >= 15 is 0 Å². The number of rotatable bonds is 6. The maximum Gasteiger partial charge on any atom is 0.404 e. The molecule has 1 atom stereocenters. The third-order valence-corrected chi connectivity index (χ3v) is 2.51. The lowest BCUT2D eigenvalue weighted by Gasteiger charge is -2.25. The molecular formula is C9H18N4O4. The molecule has 0 aliphatic carbocycles. The first-order chi connectivity index (χ1) is 7.88. The van der Waals surface area contributed by atoms with Gasteiger partial charge in [0, 0.05) is 0 Å². The Kier molecular flexibility index (Phi) is 5.79. The summed E-state index contributed by atoms with van der Waals surface area (Å²) in [6.45, 7) is 3.36. The van der Waals surface area contributed by atoms with Gasteiger partial charge in [-0.3, -0.25) is 4.79 Å². The quantitative estimate of drug-likeness (QED) is 0.162. The van der Waals surface area contributed by atoms with Gasteiger partial charge in [-0.25, -0.2) is 4.79 Å². The van der Waals surface area contributed by atoms with Crippen LogP contribution in [-0.2, 0) is 9.53 Å². The average Bonchev–Trinajstić information content (AvgIpc) is 2.31. The third kappa shape index (κ3) is 4.17. The van der Waals surface area contributed by atoms with Crippen LogP contribution in [0, 0.1) is 5.41 Å². The van der Waals surface area contributed by atoms with Crippen molar-refractivity contribution in [3.05, 3.63) is 0 Å². The lowest BCUT2D eigenvalue weighted by atomic mass is 9.85. The van der Waals surface area contributed by atoms with Crippen LogP contribution in [0.1, 0.15) is 20.3 Å². The molecule has 0 rings (SSSR count). The van der Waals surface area contributed by atoms with Gasteiger partial charge >= 0.3 is 6.09 Å². The van der Waals surface area contributed by atoms with Gasteiger partial charge < -0.3 is 26.7 Å². The van der Waals surface area contributed by atoms with Gasteiger partial charge in [-0.05, 0) is 13.3 Å². The molecule has 0 aromatic heterocycles. The van der Waals surface area contributed by atoms with E-state index in [-0.39, 0.29) is 19.0 Å². The highest BCUT2D eigenvalue weighted by atomic mass is 16.5. The molecule has 0 saturated heterocycles. The van der Waals surface area contributed by atoms with E-state index in [1.807, 2.05) is 0 Å². The molecule has 6 N–H and O–H groups in total. The topological polar surface area (TPSA) is 140 Å². The number of oxime groups is 1. The monoisotopic (exact) mass is 246 g/mol. The number of ether oxygens (including phenoxy) is 1. The van der Waals surface area contributed by atoms with Crippen molar-refractivity contribution in [3.63, 3.8) is 0 Å². The molecule has 2 amide bonds. The van der Waals surface area contributed by atoms with Crippen molar-refractivity contribution in [1.29, 1.82) is 0 Å². The number of amides is 2. The van der Waals surface area contributed by atoms with E-state index in [2.05, 4.69) is 15.2 Å². The van der Waals surface area contributed by atoms with E-state index in [0.717, 1.165) is 0 Å². The fourth-order valence-corrected chi connectivity index (χ4v) is 1.08. The standard InChI is InChI=1S/C9H18N4O4/c1-3-9(2,6(10)13-16)7(14)12-4-5-17-8(11)15/h16H,3-5H2,1-2H3,(H2,10,13)(H2,11,15)(H,12,14). The number of carbonyl (C=O) groups excluding carboxylic acids is 2. The van der Waals surface area contributed by atoms with E-state index in [1.165, 1.54) is 0 Å². The van der Waals surface area contributed by atoms with Gasteiger partial charge in [-0.1, -0.05) is 12.1 Å². The minimum atomic E-state index is -1.10. The average molecular weight is 246 g/mol. The molecule has 8 heteroatoms. The van der Waals surface area contributed by atoms with Crippen LogP contribution in [0.3, 0.4) is 0 Å². The van der Waals surface area contributed by atoms with Crippen molar-refractivity contribution in [2.75, 3.05) is 13.2 Å². The Balaban J connectivity index is 4.32. The molecule has 0 bridgehead atoms. The van der Waals surface area contributed by atoms with Crippen LogP contribution in [0.5, 0.6) is 0 Å². The Morgan fingerprint density at radius 1 is 1.47 bits per heavy atom. The molecule has 0 fully saturated rings. The van der Waals surface area contributed by atoms with Crippen molar-refractivity contribution in [3.8, 4) is 0 Å². The second-order valence-electron chi connectivity index (χ2n) is 3.59. The number of carbonyl (C=O) groups is 2. The molecule has 0 aromatic carbocycles. The van der Waals surface area contributed by atoms with E-state index in [4.69, 9.17) is 16.7 Å². The number of hydrogen-bond donors (Lipinski definition) is 4. The summed E-state index contributed by atoms with van der Waals surface area (Å²) >= 11 is 0. The number of primary amides is 1.